The van der Waals surface area contributed by atoms with Crippen LogP contribution in [-0.4, -0.2) is 68.5 Å². The summed E-state index contributed by atoms with van der Waals surface area (Å²) in [6.45, 7) is 4.16. The average Bonchev–Trinajstić information content (AvgIpc) is 2.94. The van der Waals surface area contributed by atoms with Gasteiger partial charge in [-0.15, -0.1) is 0 Å². The number of hydrogen-bond acceptors (Lipinski definition) is 5. The molecule has 146 valence electrons. The van der Waals surface area contributed by atoms with Gasteiger partial charge in [0.1, 0.15) is 0 Å². The predicted octanol–water partition coefficient (Wildman–Crippen LogP) is 2.73. The number of hydrazone groups is 1. The van der Waals surface area contributed by atoms with Crippen LogP contribution in [-0.2, 0) is 4.79 Å². The van der Waals surface area contributed by atoms with Crippen LogP contribution in [0, 0.1) is 0 Å². The van der Waals surface area contributed by atoms with Crippen LogP contribution < -0.4 is 9.80 Å². The van der Waals surface area contributed by atoms with Crippen LogP contribution in [0.2, 0.25) is 5.02 Å². The van der Waals surface area contributed by atoms with Gasteiger partial charge in [-0.05, 0) is 24.3 Å². The van der Waals surface area contributed by atoms with Gasteiger partial charge in [0.2, 0.25) is 0 Å². The van der Waals surface area contributed by atoms with Crippen molar-refractivity contribution in [3.63, 3.8) is 0 Å². The van der Waals surface area contributed by atoms with E-state index in [4.69, 9.17) is 11.6 Å². The Kier molecular flexibility index (Phi) is 5.24. The highest BCUT2D eigenvalue weighted by molar-refractivity contribution is 6.54. The molecule has 4 rings (SSSR count). The Hall–Kier alpha value is -2.57. The van der Waals surface area contributed by atoms with Crippen molar-refractivity contribution in [1.29, 1.82) is 0 Å². The Morgan fingerprint density at radius 3 is 2.50 bits per heavy atom. The Bertz CT molecular complexity index is 905. The molecule has 0 atom stereocenters. The Morgan fingerprint density at radius 1 is 1.04 bits per heavy atom. The third kappa shape index (κ3) is 3.70. The second kappa shape index (κ2) is 7.81. The number of amides is 1. The first-order valence-electron chi connectivity index (χ1n) is 9.43. The minimum Gasteiger partial charge on any atom is -0.369 e. The Labute approximate surface area is 170 Å². The minimum atomic E-state index is -0.0350. The normalized spacial score (nSPS) is 18.7. The SMILES string of the molecule is CN(C)/N=C1\C(=O)N(CN2CCN(c3cccc(Cl)c3)CC2)c2ccccc21. The number of benzene rings is 2. The van der Waals surface area contributed by atoms with E-state index >= 15 is 0 Å². The van der Waals surface area contributed by atoms with Gasteiger partial charge in [0, 0.05) is 56.5 Å². The third-order valence-electron chi connectivity index (χ3n) is 5.08. The van der Waals surface area contributed by atoms with Gasteiger partial charge in [0.25, 0.3) is 5.91 Å². The molecule has 0 aromatic heterocycles. The lowest BCUT2D eigenvalue weighted by atomic mass is 10.1. The molecule has 2 aromatic carbocycles. The molecule has 2 aromatic rings. The molecule has 0 N–H and O–H groups in total. The van der Waals surface area contributed by atoms with Gasteiger partial charge in [0.15, 0.2) is 5.71 Å². The number of halogens is 1. The molecule has 1 saturated heterocycles. The van der Waals surface area contributed by atoms with E-state index in [1.54, 1.807) is 5.01 Å². The zero-order valence-electron chi connectivity index (χ0n) is 16.2. The van der Waals surface area contributed by atoms with E-state index in [2.05, 4.69) is 21.0 Å². The first-order chi connectivity index (χ1) is 13.5. The van der Waals surface area contributed by atoms with E-state index < -0.39 is 0 Å². The van der Waals surface area contributed by atoms with Crippen molar-refractivity contribution in [2.24, 2.45) is 5.10 Å². The summed E-state index contributed by atoms with van der Waals surface area (Å²) >= 11 is 6.12. The highest BCUT2D eigenvalue weighted by atomic mass is 35.5. The molecular formula is C21H24ClN5O. The van der Waals surface area contributed by atoms with E-state index in [1.165, 1.54) is 0 Å². The molecule has 7 heteroatoms. The summed E-state index contributed by atoms with van der Waals surface area (Å²) < 4.78 is 0. The summed E-state index contributed by atoms with van der Waals surface area (Å²) in [7, 11) is 3.67. The molecule has 6 nitrogen and oxygen atoms in total. The lowest BCUT2D eigenvalue weighted by Gasteiger charge is -2.37. The molecule has 0 bridgehead atoms. The maximum absolute atomic E-state index is 13.0. The second-order valence-electron chi connectivity index (χ2n) is 7.27. The fraction of sp³-hybridized carbons (Fsp3) is 0.333. The molecular weight excluding hydrogens is 374 g/mol. The Balaban J connectivity index is 1.46. The molecule has 2 aliphatic heterocycles. The molecule has 2 aliphatic rings. The Morgan fingerprint density at radius 2 is 1.79 bits per heavy atom. The van der Waals surface area contributed by atoms with Crippen molar-refractivity contribution in [3.05, 3.63) is 59.1 Å². The van der Waals surface area contributed by atoms with Crippen LogP contribution in [0.15, 0.2) is 53.6 Å². The maximum atomic E-state index is 13.0. The molecule has 1 fully saturated rings. The van der Waals surface area contributed by atoms with E-state index in [-0.39, 0.29) is 5.91 Å². The number of hydrogen-bond donors (Lipinski definition) is 0. The molecule has 0 radical (unpaired) electrons. The smallest absolute Gasteiger partial charge is 0.280 e. The number of rotatable bonds is 4. The zero-order valence-corrected chi connectivity index (χ0v) is 16.9. The van der Waals surface area contributed by atoms with Crippen molar-refractivity contribution < 1.29 is 4.79 Å². The largest absolute Gasteiger partial charge is 0.369 e. The van der Waals surface area contributed by atoms with Crippen LogP contribution in [0.5, 0.6) is 0 Å². The molecule has 1 amide bonds. The van der Waals surface area contributed by atoms with Crippen molar-refractivity contribution >= 4 is 34.6 Å². The van der Waals surface area contributed by atoms with Crippen molar-refractivity contribution in [2.45, 2.75) is 0 Å². The van der Waals surface area contributed by atoms with Crippen molar-refractivity contribution in [1.82, 2.24) is 9.91 Å². The molecule has 28 heavy (non-hydrogen) atoms. The summed E-state index contributed by atoms with van der Waals surface area (Å²) in [5.41, 5.74) is 3.50. The van der Waals surface area contributed by atoms with Crippen LogP contribution in [0.1, 0.15) is 5.56 Å². The van der Waals surface area contributed by atoms with E-state index in [0.29, 0.717) is 12.4 Å². The third-order valence-corrected chi connectivity index (χ3v) is 5.32. The monoisotopic (exact) mass is 397 g/mol. The average molecular weight is 398 g/mol. The van der Waals surface area contributed by atoms with E-state index in [0.717, 1.165) is 48.1 Å². The summed E-state index contributed by atoms with van der Waals surface area (Å²) in [4.78, 5) is 19.5. The van der Waals surface area contributed by atoms with Crippen molar-refractivity contribution in [2.75, 3.05) is 56.7 Å². The summed E-state index contributed by atoms with van der Waals surface area (Å²) in [6.07, 6.45) is 0. The fourth-order valence-electron chi connectivity index (χ4n) is 3.72. The number of piperazine rings is 1. The van der Waals surface area contributed by atoms with E-state index in [1.807, 2.05) is 61.5 Å². The lowest BCUT2D eigenvalue weighted by Crippen LogP contribution is -2.51. The summed E-state index contributed by atoms with van der Waals surface area (Å²) in [6, 6.07) is 15.8. The molecule has 0 spiro atoms. The zero-order chi connectivity index (χ0) is 19.7. The van der Waals surface area contributed by atoms with Gasteiger partial charge < -0.3 is 9.91 Å². The van der Waals surface area contributed by atoms with Gasteiger partial charge in [-0.3, -0.25) is 14.6 Å². The first-order valence-corrected chi connectivity index (χ1v) is 9.81. The highest BCUT2D eigenvalue weighted by Gasteiger charge is 2.35. The maximum Gasteiger partial charge on any atom is 0.280 e. The van der Waals surface area contributed by atoms with Gasteiger partial charge >= 0.3 is 0 Å². The van der Waals surface area contributed by atoms with Gasteiger partial charge in [-0.1, -0.05) is 35.9 Å². The summed E-state index contributed by atoms with van der Waals surface area (Å²) in [5, 5.41) is 6.86. The number of carbonyl (C=O) groups excluding carboxylic acids is 1. The van der Waals surface area contributed by atoms with Crippen LogP contribution in [0.25, 0.3) is 0 Å². The fourth-order valence-corrected chi connectivity index (χ4v) is 3.90. The number of carbonyl (C=O) groups is 1. The molecule has 0 unspecified atom stereocenters. The van der Waals surface area contributed by atoms with Crippen molar-refractivity contribution in [3.8, 4) is 0 Å². The summed E-state index contributed by atoms with van der Waals surface area (Å²) in [5.74, 6) is -0.0350. The highest BCUT2D eigenvalue weighted by Crippen LogP contribution is 2.30. The predicted molar refractivity (Wildman–Crippen MR) is 114 cm³/mol. The quantitative estimate of drug-likeness (QED) is 0.744. The molecule has 0 saturated carbocycles. The number of para-hydroxylation sites is 1. The number of anilines is 2. The van der Waals surface area contributed by atoms with Gasteiger partial charge in [-0.25, -0.2) is 0 Å². The van der Waals surface area contributed by atoms with Gasteiger partial charge in [0.05, 0.1) is 12.4 Å². The van der Waals surface area contributed by atoms with Crippen LogP contribution in [0.4, 0.5) is 11.4 Å². The standard InChI is InChI=1S/C21H24ClN5O/c1-24(2)23-20-18-8-3-4-9-19(18)27(21(20)28)15-25-10-12-26(13-11-25)17-7-5-6-16(22)14-17/h3-9,14H,10-13,15H2,1-2H3/b23-20-. The second-order valence-corrected chi connectivity index (χ2v) is 7.71. The number of nitrogens with zero attached hydrogens (tertiary/aromatic N) is 5. The minimum absolute atomic E-state index is 0.0350. The molecule has 2 heterocycles. The first kappa shape index (κ1) is 18.8. The topological polar surface area (TPSA) is 42.4 Å². The lowest BCUT2D eigenvalue weighted by molar-refractivity contribution is -0.112. The van der Waals surface area contributed by atoms with Crippen LogP contribution >= 0.6 is 11.6 Å². The van der Waals surface area contributed by atoms with Crippen LogP contribution in [0.3, 0.4) is 0 Å². The van der Waals surface area contributed by atoms with Gasteiger partial charge in [-0.2, -0.15) is 5.10 Å². The number of fused-ring (bicyclic) bond motifs is 1. The molecule has 0 aliphatic carbocycles. The van der Waals surface area contributed by atoms with E-state index in [9.17, 15) is 4.79 Å².